The molecule has 2 amide bonds. The average Bonchev–Trinajstić information content (AvgIpc) is 3.00. The quantitative estimate of drug-likeness (QED) is 0.338. The Hall–Kier alpha value is -4.04. The molecule has 8 nitrogen and oxygen atoms in total. The number of ether oxygens (including phenoxy) is 1. The van der Waals surface area contributed by atoms with Crippen molar-refractivity contribution in [2.24, 2.45) is 4.99 Å². The Labute approximate surface area is 181 Å². The summed E-state index contributed by atoms with van der Waals surface area (Å²) < 4.78 is 5.19. The smallest absolute Gasteiger partial charge is 0.349 e. The Balaban J connectivity index is 1.73. The van der Waals surface area contributed by atoms with Gasteiger partial charge in [-0.05, 0) is 35.9 Å². The van der Waals surface area contributed by atoms with Crippen molar-refractivity contribution in [3.63, 3.8) is 0 Å². The lowest BCUT2D eigenvalue weighted by atomic mass is 10.0. The van der Waals surface area contributed by atoms with Crippen LogP contribution in [0.4, 0.5) is 0 Å². The van der Waals surface area contributed by atoms with E-state index in [1.165, 1.54) is 25.1 Å². The van der Waals surface area contributed by atoms with Crippen LogP contribution in [-0.4, -0.2) is 34.4 Å². The molecule has 0 aliphatic carbocycles. The number of Topliss-reactive ketones (excluding diaryl/α,β-unsaturated/α-hetero) is 1. The van der Waals surface area contributed by atoms with Gasteiger partial charge < -0.3 is 4.74 Å². The molecule has 0 fully saturated rings. The van der Waals surface area contributed by atoms with E-state index in [1.807, 2.05) is 0 Å². The third-order valence-corrected chi connectivity index (χ3v) is 4.66. The van der Waals surface area contributed by atoms with E-state index in [-0.39, 0.29) is 28.5 Å². The van der Waals surface area contributed by atoms with E-state index in [4.69, 9.17) is 16.3 Å². The van der Waals surface area contributed by atoms with Crippen molar-refractivity contribution < 1.29 is 23.9 Å². The topological polar surface area (TPSA) is 105 Å². The largest absolute Gasteiger partial charge is 0.422 e. The van der Waals surface area contributed by atoms with Crippen LogP contribution >= 0.6 is 11.6 Å². The highest BCUT2D eigenvalue weighted by Crippen LogP contribution is 2.28. The third kappa shape index (κ3) is 4.01. The van der Waals surface area contributed by atoms with Gasteiger partial charge in [-0.2, -0.15) is 0 Å². The monoisotopic (exact) mass is 435 g/mol. The van der Waals surface area contributed by atoms with Crippen molar-refractivity contribution in [2.45, 2.75) is 6.92 Å². The van der Waals surface area contributed by atoms with Crippen LogP contribution in [0.2, 0.25) is 5.02 Å². The number of esters is 1. The molecule has 0 spiro atoms. The molecule has 0 bridgehead atoms. The summed E-state index contributed by atoms with van der Waals surface area (Å²) >= 11 is 5.88. The lowest BCUT2D eigenvalue weighted by Crippen LogP contribution is -2.41. The summed E-state index contributed by atoms with van der Waals surface area (Å²) in [6.07, 6.45) is 2.52. The van der Waals surface area contributed by atoms with Gasteiger partial charge in [-0.1, -0.05) is 35.9 Å². The van der Waals surface area contributed by atoms with E-state index in [2.05, 4.69) is 10.3 Å². The number of nitrogens with zero attached hydrogens (tertiary/aromatic N) is 2. The SMILES string of the molecule is CC(=O)NC1=N/C(=C/c2ccc(Cl)cc2)C(=O)N1/C=C1/C(=O)Oc2ccccc2C1=O. The van der Waals surface area contributed by atoms with Crippen molar-refractivity contribution in [2.75, 3.05) is 0 Å². The molecule has 2 aliphatic rings. The fraction of sp³-hybridized carbons (Fsp3) is 0.0455. The van der Waals surface area contributed by atoms with Crippen LogP contribution < -0.4 is 10.1 Å². The van der Waals surface area contributed by atoms with Gasteiger partial charge in [0.1, 0.15) is 17.0 Å². The van der Waals surface area contributed by atoms with Gasteiger partial charge in [-0.15, -0.1) is 0 Å². The van der Waals surface area contributed by atoms with Gasteiger partial charge in [0, 0.05) is 18.1 Å². The first kappa shape index (κ1) is 20.2. The Kier molecular flexibility index (Phi) is 5.22. The van der Waals surface area contributed by atoms with Gasteiger partial charge in [-0.25, -0.2) is 9.79 Å². The molecule has 2 aromatic carbocycles. The fourth-order valence-corrected chi connectivity index (χ4v) is 3.11. The minimum atomic E-state index is -0.909. The number of benzene rings is 2. The average molecular weight is 436 g/mol. The zero-order valence-corrected chi connectivity index (χ0v) is 16.8. The van der Waals surface area contributed by atoms with E-state index < -0.39 is 23.6 Å². The highest BCUT2D eigenvalue weighted by molar-refractivity contribution is 6.30. The summed E-state index contributed by atoms with van der Waals surface area (Å²) in [5.41, 5.74) is 0.475. The molecule has 0 saturated heterocycles. The maximum atomic E-state index is 13.0. The number of aliphatic imine (C=N–C) groups is 1. The molecule has 2 heterocycles. The predicted octanol–water partition coefficient (Wildman–Crippen LogP) is 2.70. The number of carbonyl (C=O) groups excluding carboxylic acids is 4. The standard InChI is InChI=1S/C22H14ClN3O5/c1-12(27)24-22-25-17(10-13-6-8-14(23)9-7-13)20(29)26(22)11-16-19(28)15-4-2-3-5-18(15)31-21(16)30/h2-11H,1H3,(H,24,25,27)/b16-11+,17-10+. The van der Waals surface area contributed by atoms with Crippen molar-refractivity contribution in [1.29, 1.82) is 0 Å². The van der Waals surface area contributed by atoms with Gasteiger partial charge in [-0.3, -0.25) is 24.6 Å². The van der Waals surface area contributed by atoms with Crippen LogP contribution in [0.15, 0.2) is 71.0 Å². The molecular formula is C22H14ClN3O5. The molecule has 4 rings (SSSR count). The number of ketones is 1. The van der Waals surface area contributed by atoms with E-state index in [0.29, 0.717) is 10.6 Å². The number of para-hydroxylation sites is 1. The van der Waals surface area contributed by atoms with Crippen molar-refractivity contribution in [1.82, 2.24) is 10.2 Å². The molecule has 31 heavy (non-hydrogen) atoms. The molecule has 2 aromatic rings. The molecule has 9 heteroatoms. The van der Waals surface area contributed by atoms with Crippen molar-refractivity contribution >= 4 is 47.2 Å². The number of hydrogen-bond donors (Lipinski definition) is 1. The first-order valence-corrected chi connectivity index (χ1v) is 9.46. The number of fused-ring (bicyclic) bond motifs is 1. The van der Waals surface area contributed by atoms with E-state index in [1.54, 1.807) is 36.4 Å². The van der Waals surface area contributed by atoms with E-state index >= 15 is 0 Å². The molecule has 1 N–H and O–H groups in total. The zero-order chi connectivity index (χ0) is 22.1. The van der Waals surface area contributed by atoms with Crippen LogP contribution in [0, 0.1) is 0 Å². The van der Waals surface area contributed by atoms with E-state index in [0.717, 1.165) is 11.1 Å². The van der Waals surface area contributed by atoms with E-state index in [9.17, 15) is 19.2 Å². The summed E-state index contributed by atoms with van der Waals surface area (Å²) in [6.45, 7) is 1.25. The van der Waals surface area contributed by atoms with Gasteiger partial charge >= 0.3 is 5.97 Å². The van der Waals surface area contributed by atoms with Crippen LogP contribution in [0.5, 0.6) is 5.75 Å². The minimum Gasteiger partial charge on any atom is -0.422 e. The minimum absolute atomic E-state index is 0.0000478. The maximum Gasteiger partial charge on any atom is 0.349 e. The van der Waals surface area contributed by atoms with Crippen molar-refractivity contribution in [3.8, 4) is 5.75 Å². The second kappa shape index (κ2) is 8.00. The number of nitrogens with one attached hydrogen (secondary N) is 1. The Bertz CT molecular complexity index is 1230. The third-order valence-electron chi connectivity index (χ3n) is 4.41. The maximum absolute atomic E-state index is 13.0. The summed E-state index contributed by atoms with van der Waals surface area (Å²) in [7, 11) is 0. The Morgan fingerprint density at radius 1 is 1.10 bits per heavy atom. The first-order valence-electron chi connectivity index (χ1n) is 9.08. The molecular weight excluding hydrogens is 422 g/mol. The summed E-state index contributed by atoms with van der Waals surface area (Å²) in [5, 5.41) is 2.96. The number of guanidine groups is 1. The lowest BCUT2D eigenvalue weighted by Gasteiger charge is -2.19. The highest BCUT2D eigenvalue weighted by Gasteiger charge is 2.35. The normalized spacial score (nSPS) is 18.2. The van der Waals surface area contributed by atoms with Crippen LogP contribution in [0.25, 0.3) is 6.08 Å². The predicted molar refractivity (Wildman–Crippen MR) is 112 cm³/mol. The van der Waals surface area contributed by atoms with Crippen LogP contribution in [0.3, 0.4) is 0 Å². The van der Waals surface area contributed by atoms with Gasteiger partial charge in [0.05, 0.1) is 5.56 Å². The molecule has 0 saturated carbocycles. The van der Waals surface area contributed by atoms with Crippen LogP contribution in [-0.2, 0) is 14.4 Å². The van der Waals surface area contributed by atoms with Gasteiger partial charge in [0.15, 0.2) is 0 Å². The number of amides is 2. The Morgan fingerprint density at radius 3 is 2.52 bits per heavy atom. The molecule has 2 aliphatic heterocycles. The number of carbonyl (C=O) groups is 4. The Morgan fingerprint density at radius 2 is 1.81 bits per heavy atom. The summed E-state index contributed by atoms with van der Waals surface area (Å²) in [6, 6.07) is 13.0. The van der Waals surface area contributed by atoms with Crippen LogP contribution in [0.1, 0.15) is 22.8 Å². The second-order valence-electron chi connectivity index (χ2n) is 6.63. The number of hydrogen-bond acceptors (Lipinski definition) is 6. The molecule has 0 radical (unpaired) electrons. The van der Waals surface area contributed by atoms with Gasteiger partial charge in [0.25, 0.3) is 5.91 Å². The molecule has 0 atom stereocenters. The highest BCUT2D eigenvalue weighted by atomic mass is 35.5. The number of halogens is 1. The molecule has 0 aromatic heterocycles. The summed E-state index contributed by atoms with van der Waals surface area (Å²) in [4.78, 5) is 54.8. The van der Waals surface area contributed by atoms with Gasteiger partial charge in [0.2, 0.25) is 17.6 Å². The second-order valence-corrected chi connectivity index (χ2v) is 7.07. The lowest BCUT2D eigenvalue weighted by molar-refractivity contribution is -0.130. The first-order chi connectivity index (χ1) is 14.8. The molecule has 154 valence electrons. The molecule has 0 unspecified atom stereocenters. The number of rotatable bonds is 2. The fourth-order valence-electron chi connectivity index (χ4n) is 2.99. The van der Waals surface area contributed by atoms with Crippen molar-refractivity contribution in [3.05, 3.63) is 82.2 Å². The summed E-state index contributed by atoms with van der Waals surface area (Å²) in [5.74, 6) is -2.62. The zero-order valence-electron chi connectivity index (χ0n) is 16.1.